The molecule has 0 amide bonds. The molecule has 5 aliphatic rings. The molecule has 5 fully saturated rings. The minimum atomic E-state index is -1.82. The standard InChI is InChI=1S/C100H102O26/c1-62-78(109-57-67-38-18-7-19-39-67)84(86(96(106)114-62)112-60-70-44-24-10-25-45-70)124-97-87(125-99-88(122-94(104)74-52-32-14-33-53-74)82(107-5)79(64(3)116-99)119-91(101)71-46-26-11-27-47-71)81(110-58-68-40-20-8-21-41-68)76(61-113-97)118-98-89(83(111-59-69-42-22-9-23-43-69)77(63(2)115-98)108-56-66-36-16-6-17-37-66)126-100-90(123-95(105)75-54-34-15-35-55-75)85(121-93(103)73-50-30-13-31-51-73)80(65(4)117-100)120-92(102)72-48-28-12-29-49-72/h6-55,62-65,76-90,96-100,106H,56-61H2,1-5H3/t62-,63-,64-,65-,76-,77-,78-,79-,80+,81+,82+,83+,84+,85+,86-,87-,88-,89-,90-,96-,97+,98+,99+,100+/m1/s1. The van der Waals surface area contributed by atoms with E-state index < -0.39 is 184 Å². The first-order valence-corrected chi connectivity index (χ1v) is 42.2. The number of esters is 5. The fourth-order valence-corrected chi connectivity index (χ4v) is 16.0. The quantitative estimate of drug-likeness (QED) is 0.0289. The van der Waals surface area contributed by atoms with Crippen LogP contribution in [0.15, 0.2) is 303 Å². The molecular formula is C100H102O26. The van der Waals surface area contributed by atoms with Gasteiger partial charge in [-0.1, -0.05) is 243 Å². The van der Waals surface area contributed by atoms with E-state index in [-0.39, 0.29) is 60.9 Å². The summed E-state index contributed by atoms with van der Waals surface area (Å²) in [6.07, 6.45) is -34.2. The molecule has 5 aliphatic heterocycles. The fraction of sp³-hybridized carbons (Fsp3) is 0.350. The number of aliphatic hydroxyl groups excluding tert-OH is 1. The monoisotopic (exact) mass is 1720 g/mol. The van der Waals surface area contributed by atoms with Gasteiger partial charge in [0.05, 0.1) is 91.9 Å². The van der Waals surface area contributed by atoms with E-state index >= 15 is 4.79 Å². The Morgan fingerprint density at radius 1 is 0.262 bits per heavy atom. The van der Waals surface area contributed by atoms with Crippen LogP contribution in [0, 0.1) is 0 Å². The Morgan fingerprint density at radius 3 is 0.873 bits per heavy atom. The first-order chi connectivity index (χ1) is 61.6. The van der Waals surface area contributed by atoms with Crippen LogP contribution in [0.4, 0.5) is 0 Å². The van der Waals surface area contributed by atoms with E-state index in [4.69, 9.17) is 94.7 Å². The van der Waals surface area contributed by atoms with Crippen molar-refractivity contribution in [2.24, 2.45) is 0 Å². The Balaban J connectivity index is 0.874. The molecule has 10 aromatic rings. The third-order valence-electron chi connectivity index (χ3n) is 22.5. The molecule has 0 aromatic heterocycles. The number of rotatable bonds is 34. The highest BCUT2D eigenvalue weighted by Gasteiger charge is 2.60. The highest BCUT2D eigenvalue weighted by atomic mass is 16.8. The number of carbonyl (C=O) groups excluding carboxylic acids is 5. The van der Waals surface area contributed by atoms with Crippen LogP contribution in [0.1, 0.15) is 107 Å². The van der Waals surface area contributed by atoms with Crippen LogP contribution in [0.2, 0.25) is 0 Å². The Hall–Kier alpha value is -11.1. The van der Waals surface area contributed by atoms with Gasteiger partial charge in [-0.2, -0.15) is 0 Å². The number of benzene rings is 10. The van der Waals surface area contributed by atoms with Gasteiger partial charge in [0.25, 0.3) is 0 Å². The summed E-state index contributed by atoms with van der Waals surface area (Å²) in [5, 5.41) is 12.4. The van der Waals surface area contributed by atoms with Crippen LogP contribution in [-0.4, -0.2) is 196 Å². The zero-order chi connectivity index (χ0) is 87.3. The lowest BCUT2D eigenvalue weighted by Crippen LogP contribution is -2.68. The van der Waals surface area contributed by atoms with Crippen molar-refractivity contribution < 1.29 is 124 Å². The van der Waals surface area contributed by atoms with Gasteiger partial charge in [0.1, 0.15) is 61.0 Å². The number of hydrogen-bond donors (Lipinski definition) is 1. The minimum absolute atomic E-state index is 0.0258. The largest absolute Gasteiger partial charge is 0.453 e. The van der Waals surface area contributed by atoms with Crippen LogP contribution in [-0.2, 0) is 128 Å². The minimum Gasteiger partial charge on any atom is -0.453 e. The van der Waals surface area contributed by atoms with E-state index in [9.17, 15) is 24.3 Å². The molecule has 5 heterocycles. The van der Waals surface area contributed by atoms with Crippen LogP contribution in [0.5, 0.6) is 0 Å². The molecule has 0 bridgehead atoms. The normalized spacial score (nSPS) is 29.0. The summed E-state index contributed by atoms with van der Waals surface area (Å²) in [6, 6.07) is 88.0. The summed E-state index contributed by atoms with van der Waals surface area (Å²) >= 11 is 0. The van der Waals surface area contributed by atoms with E-state index in [2.05, 4.69) is 0 Å². The van der Waals surface area contributed by atoms with Gasteiger partial charge in [-0.15, -0.1) is 0 Å². The lowest BCUT2D eigenvalue weighted by Gasteiger charge is -2.51. The smallest absolute Gasteiger partial charge is 0.338 e. The molecule has 5 saturated heterocycles. The lowest BCUT2D eigenvalue weighted by atomic mass is 9.96. The second-order valence-corrected chi connectivity index (χ2v) is 31.2. The van der Waals surface area contributed by atoms with Crippen LogP contribution < -0.4 is 0 Å². The maximum atomic E-state index is 15.1. The van der Waals surface area contributed by atoms with Gasteiger partial charge in [0, 0.05) is 7.11 Å². The van der Waals surface area contributed by atoms with Gasteiger partial charge in [0.15, 0.2) is 62.0 Å². The molecule has 26 nitrogen and oxygen atoms in total. The number of ether oxygens (including phenoxy) is 20. The molecule has 10 aromatic carbocycles. The fourth-order valence-electron chi connectivity index (χ4n) is 16.0. The molecule has 26 heteroatoms. The maximum Gasteiger partial charge on any atom is 0.338 e. The molecule has 0 unspecified atom stereocenters. The zero-order valence-electron chi connectivity index (χ0n) is 70.1. The van der Waals surface area contributed by atoms with Crippen molar-refractivity contribution in [2.45, 2.75) is 208 Å². The van der Waals surface area contributed by atoms with Crippen molar-refractivity contribution in [3.8, 4) is 0 Å². The Bertz CT molecular complexity index is 4970. The number of methoxy groups -OCH3 is 1. The van der Waals surface area contributed by atoms with Gasteiger partial charge < -0.3 is 99.8 Å². The molecule has 1 N–H and O–H groups in total. The number of aliphatic hydroxyl groups is 1. The lowest BCUT2D eigenvalue weighted by molar-refractivity contribution is -0.402. The van der Waals surface area contributed by atoms with E-state index in [1.165, 1.54) is 7.11 Å². The molecule has 0 radical (unpaired) electrons. The molecular weight excluding hydrogens is 1620 g/mol. The van der Waals surface area contributed by atoms with Crippen molar-refractivity contribution in [1.29, 1.82) is 0 Å². The summed E-state index contributed by atoms with van der Waals surface area (Å²) in [4.78, 5) is 73.8. The SMILES string of the molecule is CO[C@@H]1[C@@H](OC(=O)c2ccccc2)[C@H](O[C@H]2[C@H](O[C@@H]3[C@@H](OCc4ccccc4)[C@H](O)O[C@H](C)[C@H]3OCc3ccccc3)OC[C@@H](O[C@@H]3O[C@H](C)[C@@H](OCc4ccccc4)[C@H](OCc4ccccc4)[C@H]3O[C@@H]3O[C@H](C)[C@H](OC(=O)c4ccccc4)[C@H](OC(=O)c4ccccc4)[C@H]3OC(=O)c3ccccc3)[C@@H]2OCc2ccccc2)O[C@H](C)[C@H]1OC(=O)c1ccccc1. The predicted molar refractivity (Wildman–Crippen MR) is 453 cm³/mol. The van der Waals surface area contributed by atoms with E-state index in [1.807, 2.05) is 152 Å². The Labute approximate surface area is 730 Å². The first kappa shape index (κ1) is 89.7. The second kappa shape index (κ2) is 43.9. The average molecular weight is 1720 g/mol. The van der Waals surface area contributed by atoms with E-state index in [1.54, 1.807) is 179 Å². The van der Waals surface area contributed by atoms with Crippen molar-refractivity contribution in [1.82, 2.24) is 0 Å². The highest BCUT2D eigenvalue weighted by Crippen LogP contribution is 2.42. The zero-order valence-corrected chi connectivity index (χ0v) is 70.1. The molecule has 0 spiro atoms. The Morgan fingerprint density at radius 2 is 0.516 bits per heavy atom. The topological polar surface area (TPSA) is 290 Å². The van der Waals surface area contributed by atoms with Crippen LogP contribution >= 0.6 is 0 Å². The van der Waals surface area contributed by atoms with Crippen molar-refractivity contribution in [3.63, 3.8) is 0 Å². The summed E-state index contributed by atoms with van der Waals surface area (Å²) in [5.41, 5.74) is 4.45. The molecule has 15 rings (SSSR count). The van der Waals surface area contributed by atoms with Crippen molar-refractivity contribution in [2.75, 3.05) is 13.7 Å². The second-order valence-electron chi connectivity index (χ2n) is 31.2. The molecule has 0 saturated carbocycles. The van der Waals surface area contributed by atoms with Crippen LogP contribution in [0.3, 0.4) is 0 Å². The number of carbonyl (C=O) groups is 5. The Kier molecular flexibility index (Phi) is 31.3. The predicted octanol–water partition coefficient (Wildman–Crippen LogP) is 13.9. The van der Waals surface area contributed by atoms with Gasteiger partial charge in [-0.3, -0.25) is 0 Å². The van der Waals surface area contributed by atoms with Gasteiger partial charge in [-0.05, 0) is 116 Å². The summed E-state index contributed by atoms with van der Waals surface area (Å²) in [6.45, 7) is 6.13. The number of hydrogen-bond acceptors (Lipinski definition) is 26. The van der Waals surface area contributed by atoms with Crippen molar-refractivity contribution >= 4 is 29.8 Å². The third kappa shape index (κ3) is 22.8. The van der Waals surface area contributed by atoms with Crippen LogP contribution in [0.25, 0.3) is 0 Å². The van der Waals surface area contributed by atoms with Gasteiger partial charge in [0.2, 0.25) is 0 Å². The van der Waals surface area contributed by atoms with Gasteiger partial charge in [-0.25, -0.2) is 24.0 Å². The highest BCUT2D eigenvalue weighted by molar-refractivity contribution is 5.92. The van der Waals surface area contributed by atoms with Crippen molar-refractivity contribution in [3.05, 3.63) is 359 Å². The molecule has 0 aliphatic carbocycles. The molecule has 658 valence electrons. The first-order valence-electron chi connectivity index (χ1n) is 42.2. The summed E-state index contributed by atoms with van der Waals surface area (Å²) < 4.78 is 139. The maximum absolute atomic E-state index is 15.1. The van der Waals surface area contributed by atoms with E-state index in [0.717, 1.165) is 22.3 Å². The third-order valence-corrected chi connectivity index (χ3v) is 22.5. The van der Waals surface area contributed by atoms with Gasteiger partial charge >= 0.3 is 29.8 Å². The van der Waals surface area contributed by atoms with E-state index in [0.29, 0.717) is 5.56 Å². The average Bonchev–Trinajstić information content (AvgIpc) is 0.761. The molecule has 24 atom stereocenters. The summed E-state index contributed by atoms with van der Waals surface area (Å²) in [5.74, 6) is -4.18. The summed E-state index contributed by atoms with van der Waals surface area (Å²) in [7, 11) is 1.38. The molecule has 126 heavy (non-hydrogen) atoms.